The monoisotopic (exact) mass is 207 g/mol. The highest BCUT2D eigenvalue weighted by Gasteiger charge is 2.20. The predicted molar refractivity (Wildman–Crippen MR) is 55.3 cm³/mol. The first-order valence-electron chi connectivity index (χ1n) is 4.89. The molecule has 0 aliphatic carbocycles. The number of carboxylic acids is 1. The summed E-state index contributed by atoms with van der Waals surface area (Å²) in [5.41, 5.74) is 1.30. The summed E-state index contributed by atoms with van der Waals surface area (Å²) >= 11 is 0. The van der Waals surface area contributed by atoms with Gasteiger partial charge >= 0.3 is 5.97 Å². The molecule has 0 bridgehead atoms. The van der Waals surface area contributed by atoms with E-state index in [1.54, 1.807) is 12.1 Å². The average molecular weight is 207 g/mol. The van der Waals surface area contributed by atoms with E-state index in [0.29, 0.717) is 12.4 Å². The van der Waals surface area contributed by atoms with Crippen molar-refractivity contribution in [2.24, 2.45) is 0 Å². The van der Waals surface area contributed by atoms with Crippen LogP contribution >= 0.6 is 0 Å². The van der Waals surface area contributed by atoms with Crippen LogP contribution in [0.25, 0.3) is 0 Å². The van der Waals surface area contributed by atoms with E-state index in [9.17, 15) is 4.79 Å². The molecule has 1 aromatic rings. The van der Waals surface area contributed by atoms with E-state index in [1.807, 2.05) is 13.1 Å². The van der Waals surface area contributed by atoms with Crippen LogP contribution in [0.4, 0.5) is 0 Å². The van der Waals surface area contributed by atoms with Gasteiger partial charge in [0.1, 0.15) is 5.75 Å². The van der Waals surface area contributed by atoms with Gasteiger partial charge in [-0.25, -0.2) is 4.79 Å². The number of fused-ring (bicyclic) bond motifs is 1. The standard InChI is InChI=1S/C11H13NO3/c1-12-9-4-5-15-10-6-7(11(13)14)2-3-8(9)10/h2-3,6,9,12H,4-5H2,1H3,(H,13,14). The van der Waals surface area contributed by atoms with Gasteiger partial charge in [0.15, 0.2) is 0 Å². The van der Waals surface area contributed by atoms with Gasteiger partial charge in [-0.2, -0.15) is 0 Å². The van der Waals surface area contributed by atoms with Crippen LogP contribution in [0.15, 0.2) is 18.2 Å². The highest BCUT2D eigenvalue weighted by molar-refractivity contribution is 5.88. The molecule has 15 heavy (non-hydrogen) atoms. The number of benzene rings is 1. The first-order valence-corrected chi connectivity index (χ1v) is 4.89. The molecule has 4 heteroatoms. The van der Waals surface area contributed by atoms with Crippen LogP contribution in [0.2, 0.25) is 0 Å². The maximum Gasteiger partial charge on any atom is 0.335 e. The minimum atomic E-state index is -0.923. The van der Waals surface area contributed by atoms with E-state index in [2.05, 4.69) is 5.32 Å². The van der Waals surface area contributed by atoms with Crippen LogP contribution in [0.1, 0.15) is 28.4 Å². The Bertz CT molecular complexity index is 389. The third-order valence-corrected chi connectivity index (χ3v) is 2.65. The summed E-state index contributed by atoms with van der Waals surface area (Å²) in [6.45, 7) is 0.627. The molecule has 1 atom stereocenters. The van der Waals surface area contributed by atoms with Gasteiger partial charge in [-0.15, -0.1) is 0 Å². The first-order chi connectivity index (χ1) is 7.22. The zero-order valence-electron chi connectivity index (χ0n) is 8.49. The molecule has 4 nitrogen and oxygen atoms in total. The number of rotatable bonds is 2. The van der Waals surface area contributed by atoms with Gasteiger partial charge in [0.2, 0.25) is 0 Å². The summed E-state index contributed by atoms with van der Waals surface area (Å²) in [6, 6.07) is 5.28. The summed E-state index contributed by atoms with van der Waals surface area (Å²) in [7, 11) is 1.89. The van der Waals surface area contributed by atoms with Gasteiger partial charge in [-0.05, 0) is 19.2 Å². The van der Waals surface area contributed by atoms with Crippen molar-refractivity contribution in [3.8, 4) is 5.75 Å². The Hall–Kier alpha value is -1.55. The topological polar surface area (TPSA) is 58.6 Å². The zero-order valence-corrected chi connectivity index (χ0v) is 8.49. The second kappa shape index (κ2) is 3.90. The van der Waals surface area contributed by atoms with E-state index in [0.717, 1.165) is 12.0 Å². The summed E-state index contributed by atoms with van der Waals surface area (Å²) in [6.07, 6.45) is 0.913. The number of carbonyl (C=O) groups is 1. The largest absolute Gasteiger partial charge is 0.493 e. The van der Waals surface area contributed by atoms with Gasteiger partial charge in [0.05, 0.1) is 12.2 Å². The van der Waals surface area contributed by atoms with Crippen molar-refractivity contribution in [3.05, 3.63) is 29.3 Å². The minimum Gasteiger partial charge on any atom is -0.493 e. The molecular formula is C11H13NO3. The van der Waals surface area contributed by atoms with Crippen molar-refractivity contribution < 1.29 is 14.6 Å². The number of nitrogens with one attached hydrogen (secondary N) is 1. The Kier molecular flexibility index (Phi) is 2.60. The molecular weight excluding hydrogens is 194 g/mol. The number of aromatic carboxylic acids is 1. The van der Waals surface area contributed by atoms with Gasteiger partial charge in [-0.3, -0.25) is 0 Å². The molecule has 0 amide bonds. The van der Waals surface area contributed by atoms with Crippen LogP contribution < -0.4 is 10.1 Å². The van der Waals surface area contributed by atoms with Crippen LogP contribution in [0.3, 0.4) is 0 Å². The van der Waals surface area contributed by atoms with Crippen LogP contribution in [0, 0.1) is 0 Å². The minimum absolute atomic E-state index is 0.261. The number of hydrogen-bond donors (Lipinski definition) is 2. The molecule has 1 heterocycles. The van der Waals surface area contributed by atoms with E-state index in [4.69, 9.17) is 9.84 Å². The molecule has 0 radical (unpaired) electrons. The highest BCUT2D eigenvalue weighted by Crippen LogP contribution is 2.32. The smallest absolute Gasteiger partial charge is 0.335 e. The summed E-state index contributed by atoms with van der Waals surface area (Å²) < 4.78 is 5.44. The molecule has 1 unspecified atom stereocenters. The fourth-order valence-corrected chi connectivity index (χ4v) is 1.82. The molecule has 2 rings (SSSR count). The van der Waals surface area contributed by atoms with Gasteiger partial charge in [-0.1, -0.05) is 6.07 Å². The Morgan fingerprint density at radius 2 is 2.40 bits per heavy atom. The van der Waals surface area contributed by atoms with Crippen molar-refractivity contribution in [1.82, 2.24) is 5.32 Å². The summed E-state index contributed by atoms with van der Waals surface area (Å²) in [5.74, 6) is -0.242. The lowest BCUT2D eigenvalue weighted by atomic mass is 9.99. The lowest BCUT2D eigenvalue weighted by molar-refractivity contribution is 0.0696. The van der Waals surface area contributed by atoms with Gasteiger partial charge < -0.3 is 15.2 Å². The van der Waals surface area contributed by atoms with Crippen LogP contribution in [-0.2, 0) is 0 Å². The average Bonchev–Trinajstić information content (AvgIpc) is 2.27. The predicted octanol–water partition coefficient (Wildman–Crippen LogP) is 1.43. The second-order valence-corrected chi connectivity index (χ2v) is 3.54. The van der Waals surface area contributed by atoms with Crippen molar-refractivity contribution >= 4 is 5.97 Å². The molecule has 1 aliphatic rings. The van der Waals surface area contributed by atoms with Crippen molar-refractivity contribution in [1.29, 1.82) is 0 Å². The molecule has 0 saturated carbocycles. The highest BCUT2D eigenvalue weighted by atomic mass is 16.5. The lowest BCUT2D eigenvalue weighted by Crippen LogP contribution is -2.24. The molecule has 1 aliphatic heterocycles. The second-order valence-electron chi connectivity index (χ2n) is 3.54. The van der Waals surface area contributed by atoms with E-state index in [-0.39, 0.29) is 11.6 Å². The van der Waals surface area contributed by atoms with Crippen molar-refractivity contribution in [2.75, 3.05) is 13.7 Å². The van der Waals surface area contributed by atoms with E-state index < -0.39 is 5.97 Å². The molecule has 0 spiro atoms. The maximum absolute atomic E-state index is 10.8. The Labute approximate surface area is 87.9 Å². The molecule has 1 aromatic carbocycles. The molecule has 0 aromatic heterocycles. The molecule has 0 fully saturated rings. The van der Waals surface area contributed by atoms with Crippen LogP contribution in [0.5, 0.6) is 5.75 Å². The van der Waals surface area contributed by atoms with E-state index in [1.165, 1.54) is 0 Å². The maximum atomic E-state index is 10.8. The molecule has 2 N–H and O–H groups in total. The Morgan fingerprint density at radius 1 is 1.60 bits per heavy atom. The normalized spacial score (nSPS) is 19.1. The third-order valence-electron chi connectivity index (χ3n) is 2.65. The fourth-order valence-electron chi connectivity index (χ4n) is 1.82. The Morgan fingerprint density at radius 3 is 3.07 bits per heavy atom. The SMILES string of the molecule is CNC1CCOc2cc(C(=O)O)ccc21. The Balaban J connectivity index is 2.40. The number of ether oxygens (including phenoxy) is 1. The molecule has 0 saturated heterocycles. The first kappa shape index (κ1) is 9.98. The third kappa shape index (κ3) is 1.80. The van der Waals surface area contributed by atoms with Crippen molar-refractivity contribution in [2.45, 2.75) is 12.5 Å². The number of carboxylic acid groups (broad SMARTS) is 1. The van der Waals surface area contributed by atoms with Gasteiger partial charge in [0, 0.05) is 18.0 Å². The zero-order chi connectivity index (χ0) is 10.8. The number of hydrogen-bond acceptors (Lipinski definition) is 3. The van der Waals surface area contributed by atoms with Crippen molar-refractivity contribution in [3.63, 3.8) is 0 Å². The fraction of sp³-hybridized carbons (Fsp3) is 0.364. The van der Waals surface area contributed by atoms with E-state index >= 15 is 0 Å². The lowest BCUT2D eigenvalue weighted by Gasteiger charge is -2.25. The van der Waals surface area contributed by atoms with Crippen LogP contribution in [-0.4, -0.2) is 24.7 Å². The quantitative estimate of drug-likeness (QED) is 0.770. The summed E-state index contributed by atoms with van der Waals surface area (Å²) in [5, 5.41) is 12.0. The summed E-state index contributed by atoms with van der Waals surface area (Å²) in [4.78, 5) is 10.8. The molecule has 80 valence electrons. The van der Waals surface area contributed by atoms with Gasteiger partial charge in [0.25, 0.3) is 0 Å².